The van der Waals surface area contributed by atoms with Crippen LogP contribution in [0.5, 0.6) is 0 Å². The molecular formula is C15H15N4NaO4S2. The number of hydrogen-bond acceptors (Lipinski definition) is 8. The fraction of sp³-hybridized carbons (Fsp3) is 0.533. The Morgan fingerprint density at radius 3 is 2.69 bits per heavy atom. The minimum atomic E-state index is -1.34. The summed E-state index contributed by atoms with van der Waals surface area (Å²) in [6.45, 7) is 3.78. The van der Waals surface area contributed by atoms with Crippen molar-refractivity contribution < 1.29 is 49.0 Å². The number of rotatable bonds is 4. The van der Waals surface area contributed by atoms with Crippen LogP contribution in [0.1, 0.15) is 18.4 Å². The van der Waals surface area contributed by atoms with E-state index in [2.05, 4.69) is 10.2 Å². The van der Waals surface area contributed by atoms with E-state index in [1.807, 2.05) is 6.92 Å². The maximum Gasteiger partial charge on any atom is 1.00 e. The first-order valence-corrected chi connectivity index (χ1v) is 9.65. The van der Waals surface area contributed by atoms with Gasteiger partial charge >= 0.3 is 29.6 Å². The van der Waals surface area contributed by atoms with Gasteiger partial charge in [-0.1, -0.05) is 23.1 Å². The molecule has 1 aromatic rings. The molecule has 3 atom stereocenters. The molecule has 0 bridgehead atoms. The van der Waals surface area contributed by atoms with Crippen LogP contribution in [0.3, 0.4) is 0 Å². The Morgan fingerprint density at radius 2 is 2.12 bits per heavy atom. The first-order chi connectivity index (χ1) is 11.9. The van der Waals surface area contributed by atoms with Crippen LogP contribution in [0.25, 0.3) is 0 Å². The van der Waals surface area contributed by atoms with E-state index in [-0.39, 0.29) is 59.0 Å². The Labute approximate surface area is 180 Å². The number of carbonyl (C=O) groups is 3. The zero-order chi connectivity index (χ0) is 17.9. The van der Waals surface area contributed by atoms with E-state index in [0.29, 0.717) is 24.3 Å². The molecule has 4 rings (SSSR count). The monoisotopic (exact) mass is 402 g/mol. The predicted octanol–water partition coefficient (Wildman–Crippen LogP) is -3.59. The van der Waals surface area contributed by atoms with Crippen LogP contribution in [0.4, 0.5) is 0 Å². The standard InChI is InChI=1S/C15H16N4O4S2.Na/c1-6-16-17-15(25-6)24-5-9-3-8-4-18(7(2)20)12-10(8)19(13(12)21)11(9)14(22)23;/h8,10,12H,3-5H2,1-2H3,(H,22,23);/q;+1/p-1/t8-,10-,12+;/m1./s1. The van der Waals surface area contributed by atoms with Crippen molar-refractivity contribution in [2.45, 2.75) is 36.7 Å². The quantitative estimate of drug-likeness (QED) is 0.291. The largest absolute Gasteiger partial charge is 1.00 e. The smallest absolute Gasteiger partial charge is 0.543 e. The second kappa shape index (κ2) is 7.23. The van der Waals surface area contributed by atoms with Gasteiger partial charge in [0.1, 0.15) is 11.0 Å². The van der Waals surface area contributed by atoms with Crippen molar-refractivity contribution >= 4 is 40.9 Å². The molecule has 0 N–H and O–H groups in total. The predicted molar refractivity (Wildman–Crippen MR) is 87.3 cm³/mol. The molecule has 0 radical (unpaired) electrons. The van der Waals surface area contributed by atoms with Crippen molar-refractivity contribution in [1.82, 2.24) is 20.0 Å². The Balaban J connectivity index is 0.00000196. The number of β-lactam (4-membered cyclic amide) rings is 1. The maximum atomic E-state index is 12.5. The van der Waals surface area contributed by atoms with Gasteiger partial charge in [-0.15, -0.1) is 10.2 Å². The average Bonchev–Trinajstić information content (AvgIpc) is 3.12. The molecule has 2 fully saturated rings. The fourth-order valence-corrected chi connectivity index (χ4v) is 5.80. The van der Waals surface area contributed by atoms with Gasteiger partial charge in [-0.05, 0) is 18.9 Å². The van der Waals surface area contributed by atoms with E-state index in [4.69, 9.17) is 0 Å². The van der Waals surface area contributed by atoms with Crippen molar-refractivity contribution in [3.8, 4) is 0 Å². The van der Waals surface area contributed by atoms with Crippen molar-refractivity contribution in [2.24, 2.45) is 5.92 Å². The maximum absolute atomic E-state index is 12.5. The van der Waals surface area contributed by atoms with Crippen LogP contribution in [-0.2, 0) is 14.4 Å². The van der Waals surface area contributed by atoms with Crippen molar-refractivity contribution in [3.05, 3.63) is 16.3 Å². The number of thioether (sulfide) groups is 1. The van der Waals surface area contributed by atoms with Crippen LogP contribution < -0.4 is 34.7 Å². The minimum Gasteiger partial charge on any atom is -0.543 e. The summed E-state index contributed by atoms with van der Waals surface area (Å²) in [5.41, 5.74) is 0.637. The number of carboxylic acids is 1. The first-order valence-electron chi connectivity index (χ1n) is 7.85. The summed E-state index contributed by atoms with van der Waals surface area (Å²) in [5, 5.41) is 20.5. The third-order valence-corrected chi connectivity index (χ3v) is 6.98. The van der Waals surface area contributed by atoms with Gasteiger partial charge in [0.15, 0.2) is 4.34 Å². The van der Waals surface area contributed by atoms with E-state index < -0.39 is 12.0 Å². The van der Waals surface area contributed by atoms with E-state index in [1.54, 1.807) is 4.90 Å². The molecule has 4 heterocycles. The number of likely N-dealkylation sites (tertiary alicyclic amines) is 1. The molecule has 11 heteroatoms. The molecule has 2 saturated heterocycles. The summed E-state index contributed by atoms with van der Waals surface area (Å²) in [5.74, 6) is -1.33. The summed E-state index contributed by atoms with van der Waals surface area (Å²) in [6, 6.07) is -0.751. The van der Waals surface area contributed by atoms with E-state index in [0.717, 1.165) is 9.35 Å². The van der Waals surface area contributed by atoms with Gasteiger partial charge in [-0.3, -0.25) is 9.59 Å². The number of aliphatic carboxylic acids is 1. The van der Waals surface area contributed by atoms with Crippen LogP contribution in [-0.4, -0.2) is 62.2 Å². The van der Waals surface area contributed by atoms with Gasteiger partial charge in [0.05, 0.1) is 17.7 Å². The molecule has 3 aliphatic heterocycles. The van der Waals surface area contributed by atoms with Crippen LogP contribution in [0, 0.1) is 12.8 Å². The fourth-order valence-electron chi connectivity index (χ4n) is 3.96. The SMILES string of the molecule is CC(=O)N1C[C@H]2CC(CSc3nnc(C)s3)=C(C(=O)[O-])N3C(=O)[C@@H]1[C@@H]23.[Na+]. The van der Waals surface area contributed by atoms with E-state index in [9.17, 15) is 19.5 Å². The topological polar surface area (TPSA) is 107 Å². The molecule has 0 unspecified atom stereocenters. The first kappa shape index (κ1) is 19.8. The van der Waals surface area contributed by atoms with Crippen LogP contribution in [0.15, 0.2) is 15.6 Å². The zero-order valence-electron chi connectivity index (χ0n) is 14.6. The molecule has 0 spiro atoms. The number of amides is 2. The van der Waals surface area contributed by atoms with Gasteiger partial charge in [0.2, 0.25) is 5.91 Å². The molecule has 0 aromatic carbocycles. The summed E-state index contributed by atoms with van der Waals surface area (Å²) in [4.78, 5) is 38.8. The Kier molecular flexibility index (Phi) is 5.51. The van der Waals surface area contributed by atoms with Crippen molar-refractivity contribution in [2.75, 3.05) is 12.3 Å². The molecule has 2 amide bonds. The third-order valence-electron chi connectivity index (χ3n) is 4.92. The van der Waals surface area contributed by atoms with E-state index >= 15 is 0 Å². The number of nitrogens with zero attached hydrogens (tertiary/aromatic N) is 4. The molecule has 26 heavy (non-hydrogen) atoms. The summed E-state index contributed by atoms with van der Waals surface area (Å²) in [6.07, 6.45) is 0.544. The van der Waals surface area contributed by atoms with Gasteiger partial charge in [-0.25, -0.2) is 0 Å². The Bertz CT molecular complexity index is 826. The summed E-state index contributed by atoms with van der Waals surface area (Å²) in [7, 11) is 0. The third kappa shape index (κ3) is 3.01. The second-order valence-electron chi connectivity index (χ2n) is 6.39. The van der Waals surface area contributed by atoms with Gasteiger partial charge in [0.25, 0.3) is 5.91 Å². The van der Waals surface area contributed by atoms with Crippen LogP contribution >= 0.6 is 23.1 Å². The molecule has 1 aromatic heterocycles. The summed E-state index contributed by atoms with van der Waals surface area (Å²) < 4.78 is 0.759. The molecule has 132 valence electrons. The molecule has 3 aliphatic rings. The summed E-state index contributed by atoms with van der Waals surface area (Å²) >= 11 is 2.85. The van der Waals surface area contributed by atoms with Gasteiger partial charge in [-0.2, -0.15) is 0 Å². The second-order valence-corrected chi connectivity index (χ2v) is 8.80. The molecular weight excluding hydrogens is 387 g/mol. The number of aromatic nitrogens is 2. The van der Waals surface area contributed by atoms with Gasteiger partial charge < -0.3 is 19.7 Å². The van der Waals surface area contributed by atoms with Gasteiger partial charge in [0, 0.05) is 25.1 Å². The van der Waals surface area contributed by atoms with Crippen molar-refractivity contribution in [3.63, 3.8) is 0 Å². The van der Waals surface area contributed by atoms with E-state index in [1.165, 1.54) is 34.9 Å². The molecule has 0 aliphatic carbocycles. The molecule has 0 saturated carbocycles. The van der Waals surface area contributed by atoms with Crippen LogP contribution in [0.2, 0.25) is 0 Å². The number of carbonyl (C=O) groups excluding carboxylic acids is 3. The number of aryl methyl sites for hydroxylation is 1. The Hall–Kier alpha value is -0.940. The van der Waals surface area contributed by atoms with Crippen molar-refractivity contribution in [1.29, 1.82) is 0 Å². The molecule has 8 nitrogen and oxygen atoms in total. The number of carboxylic acid groups (broad SMARTS) is 1. The zero-order valence-corrected chi connectivity index (χ0v) is 18.2. The Morgan fingerprint density at radius 1 is 1.38 bits per heavy atom. The average molecular weight is 402 g/mol. The normalized spacial score (nSPS) is 26.4. The number of hydrogen-bond donors (Lipinski definition) is 0. The minimum absolute atomic E-state index is 0.